The molecule has 2 rings (SSSR count). The smallest absolute Gasteiger partial charge is 0.417 e. The van der Waals surface area contributed by atoms with E-state index in [-0.39, 0.29) is 6.42 Å². The number of carbonyl (C=O) groups is 3. The van der Waals surface area contributed by atoms with Crippen molar-refractivity contribution in [3.05, 3.63) is 35.4 Å². The van der Waals surface area contributed by atoms with Gasteiger partial charge in [0.15, 0.2) is 0 Å². The third kappa shape index (κ3) is 4.39. The van der Waals surface area contributed by atoms with Crippen LogP contribution in [0.2, 0.25) is 0 Å². The Morgan fingerprint density at radius 1 is 1.27 bits per heavy atom. The summed E-state index contributed by atoms with van der Waals surface area (Å²) < 4.78 is 10.0. The number of likely N-dealkylation sites (tertiary alicyclic amines) is 1. The van der Waals surface area contributed by atoms with Gasteiger partial charge in [-0.1, -0.05) is 12.1 Å². The summed E-state index contributed by atoms with van der Waals surface area (Å²) in [6, 6.07) is 8.13. The number of nitriles is 1. The zero-order chi connectivity index (χ0) is 19.5. The molecule has 7 heteroatoms. The highest BCUT2D eigenvalue weighted by molar-refractivity contribution is 5.97. The van der Waals surface area contributed by atoms with Crippen LogP contribution in [0, 0.1) is 17.2 Å². The van der Waals surface area contributed by atoms with Gasteiger partial charge in [-0.25, -0.2) is 9.69 Å². The quantitative estimate of drug-likeness (QED) is 0.771. The fourth-order valence-electron chi connectivity index (χ4n) is 2.87. The van der Waals surface area contributed by atoms with Gasteiger partial charge in [0, 0.05) is 0 Å². The molecule has 1 aromatic rings. The number of nitrogens with zero attached hydrogens (tertiary/aromatic N) is 2. The number of benzene rings is 1. The molecule has 0 spiro atoms. The standard InChI is InChI=1S/C19H22N2O5/c1-19(2,3)26-18(24)21-15(13-7-5-12(11-20)6-8-13)9-14(17(21)23)10-16(22)25-4/h5-8,14-15H,9-10H2,1-4H3/t14-,15-/m1/s1. The van der Waals surface area contributed by atoms with Crippen molar-refractivity contribution >= 4 is 18.0 Å². The third-order valence-corrected chi connectivity index (χ3v) is 4.06. The first-order chi connectivity index (χ1) is 12.2. The van der Waals surface area contributed by atoms with Crippen LogP contribution in [-0.4, -0.2) is 35.6 Å². The highest BCUT2D eigenvalue weighted by Gasteiger charge is 2.46. The van der Waals surface area contributed by atoms with Gasteiger partial charge >= 0.3 is 12.1 Å². The molecular weight excluding hydrogens is 336 g/mol. The van der Waals surface area contributed by atoms with Crippen LogP contribution in [0.4, 0.5) is 4.79 Å². The normalized spacial score (nSPS) is 19.8. The molecule has 0 saturated carbocycles. The minimum absolute atomic E-state index is 0.0958. The van der Waals surface area contributed by atoms with E-state index in [1.165, 1.54) is 7.11 Å². The van der Waals surface area contributed by atoms with E-state index in [1.54, 1.807) is 45.0 Å². The van der Waals surface area contributed by atoms with E-state index in [0.29, 0.717) is 17.5 Å². The van der Waals surface area contributed by atoms with E-state index in [1.807, 2.05) is 6.07 Å². The fraction of sp³-hybridized carbons (Fsp3) is 0.474. The Kier molecular flexibility index (Phi) is 5.66. The maximum absolute atomic E-state index is 12.8. The Balaban J connectivity index is 2.34. The van der Waals surface area contributed by atoms with E-state index in [2.05, 4.69) is 4.74 Å². The number of methoxy groups -OCH3 is 1. The Hall–Kier alpha value is -2.88. The lowest BCUT2D eigenvalue weighted by molar-refractivity contribution is -0.144. The molecule has 0 aromatic heterocycles. The van der Waals surface area contributed by atoms with Gasteiger partial charge in [0.1, 0.15) is 5.60 Å². The van der Waals surface area contributed by atoms with Crippen molar-refractivity contribution in [3.8, 4) is 6.07 Å². The maximum atomic E-state index is 12.8. The second-order valence-corrected chi connectivity index (χ2v) is 7.15. The van der Waals surface area contributed by atoms with E-state index < -0.39 is 35.5 Å². The first-order valence-corrected chi connectivity index (χ1v) is 8.29. The summed E-state index contributed by atoms with van der Waals surface area (Å²) in [5.74, 6) is -1.62. The molecule has 0 radical (unpaired) electrons. The fourth-order valence-corrected chi connectivity index (χ4v) is 2.87. The van der Waals surface area contributed by atoms with Crippen molar-refractivity contribution in [1.82, 2.24) is 4.90 Å². The molecule has 2 amide bonds. The second-order valence-electron chi connectivity index (χ2n) is 7.15. The van der Waals surface area contributed by atoms with Gasteiger partial charge in [-0.2, -0.15) is 5.26 Å². The second kappa shape index (κ2) is 7.56. The molecule has 7 nitrogen and oxygen atoms in total. The summed E-state index contributed by atoms with van der Waals surface area (Å²) in [4.78, 5) is 38.0. The number of rotatable bonds is 3. The summed E-state index contributed by atoms with van der Waals surface area (Å²) >= 11 is 0. The van der Waals surface area contributed by atoms with Crippen LogP contribution >= 0.6 is 0 Å². The molecule has 138 valence electrons. The highest BCUT2D eigenvalue weighted by Crippen LogP contribution is 2.39. The average molecular weight is 358 g/mol. The summed E-state index contributed by atoms with van der Waals surface area (Å²) in [6.07, 6.45) is -0.551. The number of carbonyl (C=O) groups excluding carboxylic acids is 3. The Labute approximate surface area is 152 Å². The molecule has 0 unspecified atom stereocenters. The summed E-state index contributed by atoms with van der Waals surface area (Å²) in [7, 11) is 1.26. The lowest BCUT2D eigenvalue weighted by Crippen LogP contribution is -2.40. The largest absolute Gasteiger partial charge is 0.469 e. The zero-order valence-corrected chi connectivity index (χ0v) is 15.3. The third-order valence-electron chi connectivity index (χ3n) is 4.06. The highest BCUT2D eigenvalue weighted by atomic mass is 16.6. The lowest BCUT2D eigenvalue weighted by Gasteiger charge is -2.27. The molecule has 1 fully saturated rings. The Morgan fingerprint density at radius 2 is 1.88 bits per heavy atom. The van der Waals surface area contributed by atoms with Gasteiger partial charge in [0.2, 0.25) is 5.91 Å². The molecule has 0 bridgehead atoms. The molecule has 1 aromatic carbocycles. The average Bonchev–Trinajstić information content (AvgIpc) is 2.90. The van der Waals surface area contributed by atoms with E-state index >= 15 is 0 Å². The van der Waals surface area contributed by atoms with Crippen LogP contribution in [-0.2, 0) is 19.1 Å². The topological polar surface area (TPSA) is 96.7 Å². The van der Waals surface area contributed by atoms with Crippen molar-refractivity contribution in [3.63, 3.8) is 0 Å². The SMILES string of the molecule is COC(=O)C[C@H]1C[C@H](c2ccc(C#N)cc2)N(C(=O)OC(C)(C)C)C1=O. The Morgan fingerprint density at radius 3 is 2.38 bits per heavy atom. The first-order valence-electron chi connectivity index (χ1n) is 8.29. The number of imide groups is 1. The van der Waals surface area contributed by atoms with Crippen LogP contribution in [0.25, 0.3) is 0 Å². The van der Waals surface area contributed by atoms with Gasteiger partial charge in [0.05, 0.1) is 37.1 Å². The van der Waals surface area contributed by atoms with Crippen LogP contribution < -0.4 is 0 Å². The van der Waals surface area contributed by atoms with Crippen molar-refractivity contribution in [2.75, 3.05) is 7.11 Å². The zero-order valence-electron chi connectivity index (χ0n) is 15.3. The van der Waals surface area contributed by atoms with Crippen molar-refractivity contribution in [2.45, 2.75) is 45.3 Å². The molecule has 0 aliphatic carbocycles. The lowest BCUT2D eigenvalue weighted by atomic mass is 9.97. The predicted octanol–water partition coefficient (Wildman–Crippen LogP) is 2.95. The Bertz CT molecular complexity index is 743. The van der Waals surface area contributed by atoms with Crippen LogP contribution in [0.1, 0.15) is 50.8 Å². The van der Waals surface area contributed by atoms with Crippen molar-refractivity contribution < 1.29 is 23.9 Å². The molecule has 2 atom stereocenters. The van der Waals surface area contributed by atoms with Gasteiger partial charge < -0.3 is 9.47 Å². The molecule has 1 saturated heterocycles. The van der Waals surface area contributed by atoms with Gasteiger partial charge in [-0.3, -0.25) is 9.59 Å². The van der Waals surface area contributed by atoms with Crippen LogP contribution in [0.3, 0.4) is 0 Å². The molecule has 1 aliphatic rings. The van der Waals surface area contributed by atoms with Gasteiger partial charge in [-0.15, -0.1) is 0 Å². The minimum Gasteiger partial charge on any atom is -0.469 e. The molecule has 26 heavy (non-hydrogen) atoms. The van der Waals surface area contributed by atoms with E-state index in [0.717, 1.165) is 4.90 Å². The number of hydrogen-bond acceptors (Lipinski definition) is 6. The number of esters is 1. The molecule has 1 aliphatic heterocycles. The minimum atomic E-state index is -0.757. The van der Waals surface area contributed by atoms with Crippen molar-refractivity contribution in [1.29, 1.82) is 5.26 Å². The van der Waals surface area contributed by atoms with E-state index in [9.17, 15) is 14.4 Å². The maximum Gasteiger partial charge on any atom is 0.417 e. The first kappa shape index (κ1) is 19.4. The summed E-state index contributed by atoms with van der Waals surface area (Å²) in [5, 5.41) is 8.93. The number of amides is 2. The summed E-state index contributed by atoms with van der Waals surface area (Å²) in [6.45, 7) is 5.15. The number of ether oxygens (including phenoxy) is 2. The molecular formula is C19H22N2O5. The van der Waals surface area contributed by atoms with Crippen LogP contribution in [0.5, 0.6) is 0 Å². The van der Waals surface area contributed by atoms with Gasteiger partial charge in [-0.05, 0) is 44.9 Å². The number of hydrogen-bond donors (Lipinski definition) is 0. The van der Waals surface area contributed by atoms with Crippen LogP contribution in [0.15, 0.2) is 24.3 Å². The predicted molar refractivity (Wildman–Crippen MR) is 91.7 cm³/mol. The monoisotopic (exact) mass is 358 g/mol. The molecule has 0 N–H and O–H groups in total. The van der Waals surface area contributed by atoms with E-state index in [4.69, 9.17) is 10.00 Å². The summed E-state index contributed by atoms with van der Waals surface area (Å²) in [5.41, 5.74) is 0.427. The van der Waals surface area contributed by atoms with Gasteiger partial charge in [0.25, 0.3) is 0 Å². The molecule has 1 heterocycles. The van der Waals surface area contributed by atoms with Crippen molar-refractivity contribution in [2.24, 2.45) is 5.92 Å².